The van der Waals surface area contributed by atoms with Gasteiger partial charge >= 0.3 is 0 Å². The first kappa shape index (κ1) is 15.5. The van der Waals surface area contributed by atoms with Gasteiger partial charge in [-0.3, -0.25) is 10.4 Å². The number of nitrogens with one attached hydrogen (secondary N) is 2. The van der Waals surface area contributed by atoms with Crippen LogP contribution in [0.3, 0.4) is 0 Å². The number of thiocarbonyl (C=S) groups is 1. The largest absolute Gasteiger partial charge is 0.360 e. The molecule has 19 heavy (non-hydrogen) atoms. The second-order valence-corrected chi connectivity index (χ2v) is 4.95. The van der Waals surface area contributed by atoms with Crippen molar-refractivity contribution in [1.29, 1.82) is 0 Å². The zero-order chi connectivity index (χ0) is 14.3. The average molecular weight is 279 g/mol. The maximum absolute atomic E-state index is 5.16. The van der Waals surface area contributed by atoms with E-state index in [2.05, 4.69) is 32.7 Å². The zero-order valence-electron chi connectivity index (χ0n) is 11.8. The minimum atomic E-state index is 0.403. The minimum absolute atomic E-state index is 0.403. The highest BCUT2D eigenvalue weighted by molar-refractivity contribution is 7.80. The van der Waals surface area contributed by atoms with Crippen LogP contribution < -0.4 is 10.7 Å². The Morgan fingerprint density at radius 2 is 2.21 bits per heavy atom. The Labute approximate surface area is 120 Å². The monoisotopic (exact) mass is 279 g/mol. The number of rotatable bonds is 5. The number of pyridine rings is 1. The van der Waals surface area contributed by atoms with Crippen molar-refractivity contribution in [3.05, 3.63) is 30.1 Å². The Hall–Kier alpha value is -1.53. The number of aromatic nitrogens is 1. The molecule has 1 atom stereocenters. The standard InChI is InChI=1S/C13H21N5S/c1-10(18(3)4)9-15-13(19)17-16-11(2)12-7-5-6-8-14-12/h5-8,10H,9H2,1-4H3,(H2,15,17,19)/b16-11+. The lowest BCUT2D eigenvalue weighted by atomic mass is 10.3. The van der Waals surface area contributed by atoms with Crippen LogP contribution in [0.1, 0.15) is 19.5 Å². The maximum Gasteiger partial charge on any atom is 0.187 e. The van der Waals surface area contributed by atoms with E-state index in [1.54, 1.807) is 6.20 Å². The fourth-order valence-corrected chi connectivity index (χ4v) is 1.36. The molecule has 0 aliphatic rings. The van der Waals surface area contributed by atoms with Gasteiger partial charge in [-0.2, -0.15) is 5.10 Å². The molecule has 1 aromatic rings. The molecule has 104 valence electrons. The fourth-order valence-electron chi connectivity index (χ4n) is 1.23. The number of hydrogen-bond acceptors (Lipinski definition) is 4. The van der Waals surface area contributed by atoms with Gasteiger partial charge in [0.15, 0.2) is 5.11 Å². The van der Waals surface area contributed by atoms with Crippen molar-refractivity contribution in [2.45, 2.75) is 19.9 Å². The van der Waals surface area contributed by atoms with Gasteiger partial charge in [-0.25, -0.2) is 0 Å². The van der Waals surface area contributed by atoms with E-state index in [9.17, 15) is 0 Å². The topological polar surface area (TPSA) is 52.6 Å². The van der Waals surface area contributed by atoms with Crippen LogP contribution in [0, 0.1) is 0 Å². The summed E-state index contributed by atoms with van der Waals surface area (Å²) >= 11 is 5.16. The van der Waals surface area contributed by atoms with E-state index < -0.39 is 0 Å². The fraction of sp³-hybridized carbons (Fsp3) is 0.462. The Balaban J connectivity index is 2.41. The highest BCUT2D eigenvalue weighted by Gasteiger charge is 2.04. The first-order valence-corrected chi connectivity index (χ1v) is 6.57. The molecule has 0 aliphatic heterocycles. The van der Waals surface area contributed by atoms with Gasteiger partial charge in [0.25, 0.3) is 0 Å². The minimum Gasteiger partial charge on any atom is -0.360 e. The van der Waals surface area contributed by atoms with Gasteiger partial charge in [-0.1, -0.05) is 6.07 Å². The van der Waals surface area contributed by atoms with E-state index in [0.717, 1.165) is 18.0 Å². The Kier molecular flexibility index (Phi) is 6.38. The summed E-state index contributed by atoms with van der Waals surface area (Å²) in [7, 11) is 4.07. The summed E-state index contributed by atoms with van der Waals surface area (Å²) < 4.78 is 0. The maximum atomic E-state index is 5.16. The Morgan fingerprint density at radius 3 is 2.79 bits per heavy atom. The summed E-state index contributed by atoms with van der Waals surface area (Å²) in [5, 5.41) is 7.84. The first-order valence-electron chi connectivity index (χ1n) is 6.16. The molecule has 0 saturated carbocycles. The molecule has 1 aromatic heterocycles. The van der Waals surface area contributed by atoms with Gasteiger partial charge in [0.2, 0.25) is 0 Å². The number of hydrogen-bond donors (Lipinski definition) is 2. The lowest BCUT2D eigenvalue weighted by Gasteiger charge is -2.20. The van der Waals surface area contributed by atoms with Gasteiger partial charge in [0.1, 0.15) is 0 Å². The molecule has 1 unspecified atom stereocenters. The van der Waals surface area contributed by atoms with Crippen molar-refractivity contribution >= 4 is 23.0 Å². The van der Waals surface area contributed by atoms with E-state index >= 15 is 0 Å². The summed E-state index contributed by atoms with van der Waals surface area (Å²) in [4.78, 5) is 6.34. The van der Waals surface area contributed by atoms with Gasteiger partial charge in [0, 0.05) is 18.8 Å². The molecule has 0 amide bonds. The third kappa shape index (κ3) is 5.76. The van der Waals surface area contributed by atoms with Gasteiger partial charge < -0.3 is 10.2 Å². The predicted molar refractivity (Wildman–Crippen MR) is 83.3 cm³/mol. The third-order valence-corrected chi connectivity index (χ3v) is 3.04. The van der Waals surface area contributed by atoms with Crippen LogP contribution in [0.15, 0.2) is 29.5 Å². The summed E-state index contributed by atoms with van der Waals surface area (Å²) in [6.45, 7) is 4.79. The zero-order valence-corrected chi connectivity index (χ0v) is 12.7. The van der Waals surface area contributed by atoms with Crippen molar-refractivity contribution in [3.63, 3.8) is 0 Å². The second kappa shape index (κ2) is 7.81. The number of hydrazone groups is 1. The smallest absolute Gasteiger partial charge is 0.187 e. The molecule has 2 N–H and O–H groups in total. The van der Waals surface area contributed by atoms with Crippen LogP contribution in [-0.2, 0) is 0 Å². The van der Waals surface area contributed by atoms with Crippen molar-refractivity contribution < 1.29 is 0 Å². The van der Waals surface area contributed by atoms with Gasteiger partial charge in [0.05, 0.1) is 11.4 Å². The molecule has 1 rings (SSSR count). The molecule has 0 fully saturated rings. The third-order valence-electron chi connectivity index (χ3n) is 2.80. The molecular formula is C13H21N5S. The SMILES string of the molecule is C/C(=N\NC(=S)NCC(C)N(C)C)c1ccccn1. The quantitative estimate of drug-likeness (QED) is 0.482. The van der Waals surface area contributed by atoms with Gasteiger partial charge in [-0.15, -0.1) is 0 Å². The van der Waals surface area contributed by atoms with Gasteiger partial charge in [-0.05, 0) is 52.3 Å². The molecule has 0 aromatic carbocycles. The highest BCUT2D eigenvalue weighted by atomic mass is 32.1. The molecule has 6 heteroatoms. The van der Waals surface area contributed by atoms with E-state index in [1.165, 1.54) is 0 Å². The van der Waals surface area contributed by atoms with Crippen LogP contribution >= 0.6 is 12.2 Å². The molecule has 0 spiro atoms. The molecule has 5 nitrogen and oxygen atoms in total. The molecular weight excluding hydrogens is 258 g/mol. The van der Waals surface area contributed by atoms with Crippen LogP contribution in [-0.4, -0.2) is 47.4 Å². The highest BCUT2D eigenvalue weighted by Crippen LogP contribution is 1.95. The molecule has 0 saturated heterocycles. The van der Waals surface area contributed by atoms with E-state index in [0.29, 0.717) is 11.2 Å². The average Bonchev–Trinajstić information content (AvgIpc) is 2.42. The summed E-state index contributed by atoms with van der Waals surface area (Å²) in [6, 6.07) is 6.11. The molecule has 1 heterocycles. The molecule has 0 aliphatic carbocycles. The first-order chi connectivity index (χ1) is 9.00. The van der Waals surface area contributed by atoms with Crippen molar-refractivity contribution in [2.24, 2.45) is 5.10 Å². The van der Waals surface area contributed by atoms with Crippen LogP contribution in [0.4, 0.5) is 0 Å². The normalized spacial score (nSPS) is 13.2. The molecule has 0 radical (unpaired) electrons. The molecule has 0 bridgehead atoms. The summed E-state index contributed by atoms with van der Waals surface area (Å²) in [6.07, 6.45) is 1.74. The van der Waals surface area contributed by atoms with E-state index in [-0.39, 0.29) is 0 Å². The predicted octanol–water partition coefficient (Wildman–Crippen LogP) is 1.22. The lowest BCUT2D eigenvalue weighted by Crippen LogP contribution is -2.41. The van der Waals surface area contributed by atoms with Crippen LogP contribution in [0.25, 0.3) is 0 Å². The van der Waals surface area contributed by atoms with Crippen LogP contribution in [0.2, 0.25) is 0 Å². The van der Waals surface area contributed by atoms with Crippen LogP contribution in [0.5, 0.6) is 0 Å². The van der Waals surface area contributed by atoms with E-state index in [1.807, 2.05) is 39.2 Å². The second-order valence-electron chi connectivity index (χ2n) is 4.55. The Morgan fingerprint density at radius 1 is 1.47 bits per heavy atom. The Bertz CT molecular complexity index is 430. The number of nitrogens with zero attached hydrogens (tertiary/aromatic N) is 3. The summed E-state index contributed by atoms with van der Waals surface area (Å²) in [5.74, 6) is 0. The van der Waals surface area contributed by atoms with Crippen molar-refractivity contribution in [3.8, 4) is 0 Å². The lowest BCUT2D eigenvalue weighted by molar-refractivity contribution is 0.313. The summed E-state index contributed by atoms with van der Waals surface area (Å²) in [5.41, 5.74) is 4.45. The van der Waals surface area contributed by atoms with Crippen molar-refractivity contribution in [2.75, 3.05) is 20.6 Å². The number of likely N-dealkylation sites (N-methyl/N-ethyl adjacent to an activating group) is 1. The van der Waals surface area contributed by atoms with E-state index in [4.69, 9.17) is 12.2 Å². The van der Waals surface area contributed by atoms with Crippen molar-refractivity contribution in [1.82, 2.24) is 20.6 Å².